The van der Waals surface area contributed by atoms with E-state index in [1.807, 2.05) is 72.8 Å². The topological polar surface area (TPSA) is 99.8 Å². The van der Waals surface area contributed by atoms with Crippen LogP contribution in [0.15, 0.2) is 101 Å². The van der Waals surface area contributed by atoms with Crippen molar-refractivity contribution in [3.05, 3.63) is 125 Å². The van der Waals surface area contributed by atoms with Gasteiger partial charge in [-0.1, -0.05) is 66.7 Å². The van der Waals surface area contributed by atoms with E-state index in [1.54, 1.807) is 16.9 Å². The number of amides is 1. The zero-order valence-corrected chi connectivity index (χ0v) is 20.2. The van der Waals surface area contributed by atoms with E-state index in [0.717, 1.165) is 27.8 Å². The Morgan fingerprint density at radius 1 is 0.842 bits per heavy atom. The number of halogens is 1. The maximum Gasteiger partial charge on any atom is 0.252 e. The minimum Gasteiger partial charge on any atom is -0.460 e. The Labute approximate surface area is 217 Å². The maximum absolute atomic E-state index is 13.3. The van der Waals surface area contributed by atoms with Crippen LogP contribution in [0.3, 0.4) is 0 Å². The molecule has 38 heavy (non-hydrogen) atoms. The van der Waals surface area contributed by atoms with E-state index in [4.69, 9.17) is 10.2 Å². The number of hydrogen-bond acceptors (Lipinski definition) is 5. The van der Waals surface area contributed by atoms with E-state index in [-0.39, 0.29) is 5.82 Å². The van der Waals surface area contributed by atoms with Gasteiger partial charge < -0.3 is 10.2 Å². The van der Waals surface area contributed by atoms with Gasteiger partial charge in [-0.25, -0.2) is 4.39 Å². The molecule has 6 rings (SSSR count). The molecule has 0 fully saturated rings. The highest BCUT2D eigenvalue weighted by molar-refractivity contribution is 6.07. The molecule has 6 aromatic rings. The number of aromatic nitrogens is 4. The summed E-state index contributed by atoms with van der Waals surface area (Å²) in [6.07, 6.45) is 0.322. The number of rotatable bonds is 7. The SMILES string of the molecule is NC(=O)c1c(Cc2ccc(F)cc2)oc2ccc(-c3cccc(-c4nnn(Cc5ccccc5)n4)c3)cc12. The lowest BCUT2D eigenvalue weighted by Crippen LogP contribution is -2.12. The van der Waals surface area contributed by atoms with Gasteiger partial charge in [0, 0.05) is 17.4 Å². The number of benzene rings is 4. The summed E-state index contributed by atoms with van der Waals surface area (Å²) >= 11 is 0. The average Bonchev–Trinajstić information content (AvgIpc) is 3.54. The lowest BCUT2D eigenvalue weighted by atomic mass is 9.99. The summed E-state index contributed by atoms with van der Waals surface area (Å²) in [6, 6.07) is 29.5. The largest absolute Gasteiger partial charge is 0.460 e. The predicted molar refractivity (Wildman–Crippen MR) is 142 cm³/mol. The quantitative estimate of drug-likeness (QED) is 0.304. The third-order valence-electron chi connectivity index (χ3n) is 6.36. The van der Waals surface area contributed by atoms with Crippen LogP contribution in [-0.2, 0) is 13.0 Å². The summed E-state index contributed by atoms with van der Waals surface area (Å²) in [7, 11) is 0. The number of nitrogens with two attached hydrogens (primary N) is 1. The molecule has 0 radical (unpaired) electrons. The van der Waals surface area contributed by atoms with Gasteiger partial charge in [-0.05, 0) is 57.8 Å². The summed E-state index contributed by atoms with van der Waals surface area (Å²) in [5.41, 5.74) is 11.2. The molecule has 0 aliphatic carbocycles. The molecule has 4 aromatic carbocycles. The maximum atomic E-state index is 13.3. The van der Waals surface area contributed by atoms with Gasteiger partial charge in [-0.15, -0.1) is 10.2 Å². The van der Waals surface area contributed by atoms with Crippen LogP contribution in [0.5, 0.6) is 0 Å². The highest BCUT2D eigenvalue weighted by Gasteiger charge is 2.20. The van der Waals surface area contributed by atoms with E-state index >= 15 is 0 Å². The molecule has 2 N–H and O–H groups in total. The van der Waals surface area contributed by atoms with Crippen LogP contribution in [0.1, 0.15) is 27.2 Å². The highest BCUT2D eigenvalue weighted by atomic mass is 19.1. The number of tetrazole rings is 1. The summed E-state index contributed by atoms with van der Waals surface area (Å²) in [4.78, 5) is 14.0. The number of nitrogens with zero attached hydrogens (tertiary/aromatic N) is 4. The van der Waals surface area contributed by atoms with Crippen LogP contribution < -0.4 is 5.73 Å². The lowest BCUT2D eigenvalue weighted by molar-refractivity contribution is 0.1000. The molecule has 0 bridgehead atoms. The van der Waals surface area contributed by atoms with Gasteiger partial charge in [0.1, 0.15) is 17.2 Å². The van der Waals surface area contributed by atoms with Crippen molar-refractivity contribution in [2.75, 3.05) is 0 Å². The van der Waals surface area contributed by atoms with Crippen molar-refractivity contribution >= 4 is 16.9 Å². The predicted octanol–water partition coefficient (Wildman–Crippen LogP) is 5.63. The van der Waals surface area contributed by atoms with Gasteiger partial charge in [0.15, 0.2) is 0 Å². The van der Waals surface area contributed by atoms with E-state index in [1.165, 1.54) is 12.1 Å². The van der Waals surface area contributed by atoms with Gasteiger partial charge >= 0.3 is 0 Å². The summed E-state index contributed by atoms with van der Waals surface area (Å²) in [6.45, 7) is 0.529. The number of fused-ring (bicyclic) bond motifs is 1. The summed E-state index contributed by atoms with van der Waals surface area (Å²) in [5.74, 6) is 0.0658. The number of carbonyl (C=O) groups excluding carboxylic acids is 1. The van der Waals surface area contributed by atoms with Crippen LogP contribution in [0.25, 0.3) is 33.5 Å². The van der Waals surface area contributed by atoms with E-state index in [2.05, 4.69) is 15.4 Å². The summed E-state index contributed by atoms with van der Waals surface area (Å²) in [5, 5.41) is 13.6. The number of primary amides is 1. The molecule has 2 aromatic heterocycles. The number of hydrogen-bond donors (Lipinski definition) is 1. The first-order chi connectivity index (χ1) is 18.5. The van der Waals surface area contributed by atoms with Crippen molar-refractivity contribution in [3.63, 3.8) is 0 Å². The lowest BCUT2D eigenvalue weighted by Gasteiger charge is -2.04. The highest BCUT2D eigenvalue weighted by Crippen LogP contribution is 2.33. The van der Waals surface area contributed by atoms with Crippen molar-refractivity contribution in [1.29, 1.82) is 0 Å². The van der Waals surface area contributed by atoms with Gasteiger partial charge in [-0.3, -0.25) is 4.79 Å². The molecule has 0 unspecified atom stereocenters. The van der Waals surface area contributed by atoms with Crippen molar-refractivity contribution in [2.24, 2.45) is 5.73 Å². The number of furan rings is 1. The fourth-order valence-corrected chi connectivity index (χ4v) is 4.52. The van der Waals surface area contributed by atoms with E-state index in [9.17, 15) is 9.18 Å². The van der Waals surface area contributed by atoms with E-state index in [0.29, 0.717) is 41.1 Å². The van der Waals surface area contributed by atoms with Crippen molar-refractivity contribution < 1.29 is 13.6 Å². The first-order valence-electron chi connectivity index (χ1n) is 12.1. The molecular formula is C30H22FN5O2. The Hall–Kier alpha value is -5.11. The third-order valence-corrected chi connectivity index (χ3v) is 6.36. The molecule has 1 amide bonds. The second kappa shape index (κ2) is 9.74. The van der Waals surface area contributed by atoms with Gasteiger partial charge in [0.25, 0.3) is 5.91 Å². The average molecular weight is 504 g/mol. The Kier molecular flexibility index (Phi) is 5.97. The van der Waals surface area contributed by atoms with Crippen molar-refractivity contribution in [1.82, 2.24) is 20.2 Å². The fourth-order valence-electron chi connectivity index (χ4n) is 4.52. The van der Waals surface area contributed by atoms with Crippen LogP contribution in [0.2, 0.25) is 0 Å². The van der Waals surface area contributed by atoms with Crippen molar-refractivity contribution in [3.8, 4) is 22.5 Å². The molecular weight excluding hydrogens is 481 g/mol. The smallest absolute Gasteiger partial charge is 0.252 e. The molecule has 8 heteroatoms. The zero-order chi connectivity index (χ0) is 26.1. The fraction of sp³-hybridized carbons (Fsp3) is 0.0667. The van der Waals surface area contributed by atoms with Crippen LogP contribution in [0.4, 0.5) is 4.39 Å². The molecule has 0 atom stereocenters. The molecule has 2 heterocycles. The van der Waals surface area contributed by atoms with Gasteiger partial charge in [0.2, 0.25) is 5.82 Å². The monoisotopic (exact) mass is 503 g/mol. The first kappa shape index (κ1) is 23.3. The second-order valence-corrected chi connectivity index (χ2v) is 8.99. The minimum absolute atomic E-state index is 0.322. The van der Waals surface area contributed by atoms with Crippen LogP contribution in [0, 0.1) is 5.82 Å². The third kappa shape index (κ3) is 4.67. The zero-order valence-electron chi connectivity index (χ0n) is 20.2. The molecule has 0 saturated carbocycles. The van der Waals surface area contributed by atoms with Gasteiger partial charge in [-0.2, -0.15) is 4.80 Å². The minimum atomic E-state index is -0.578. The molecule has 0 spiro atoms. The second-order valence-electron chi connectivity index (χ2n) is 8.99. The van der Waals surface area contributed by atoms with Crippen molar-refractivity contribution in [2.45, 2.75) is 13.0 Å². The Morgan fingerprint density at radius 3 is 2.39 bits per heavy atom. The Morgan fingerprint density at radius 2 is 1.61 bits per heavy atom. The molecule has 186 valence electrons. The Balaban J connectivity index is 1.32. The van der Waals surface area contributed by atoms with Gasteiger partial charge in [0.05, 0.1) is 12.1 Å². The summed E-state index contributed by atoms with van der Waals surface area (Å²) < 4.78 is 19.3. The molecule has 0 saturated heterocycles. The number of carbonyl (C=O) groups is 1. The Bertz CT molecular complexity index is 1760. The molecule has 0 aliphatic rings. The van der Waals surface area contributed by atoms with E-state index < -0.39 is 5.91 Å². The molecule has 0 aliphatic heterocycles. The molecule has 7 nitrogen and oxygen atoms in total. The van der Waals surface area contributed by atoms with Crippen LogP contribution >= 0.6 is 0 Å². The van der Waals surface area contributed by atoms with Crippen LogP contribution in [-0.4, -0.2) is 26.1 Å². The first-order valence-corrected chi connectivity index (χ1v) is 12.1. The normalized spacial score (nSPS) is 11.2. The standard InChI is InChI=1S/C30H22FN5O2/c31-24-12-9-19(10-13-24)15-27-28(29(32)37)25-17-22(11-14-26(25)38-27)21-7-4-8-23(16-21)30-33-35-36(34-30)18-20-5-2-1-3-6-20/h1-14,16-17H,15,18H2,(H2,32,37).